The van der Waals surface area contributed by atoms with Crippen molar-refractivity contribution in [3.05, 3.63) is 0 Å². The molecule has 1 saturated heterocycles. The third kappa shape index (κ3) is 3.25. The standard InChI is InChI=1S/C10H18N2/c1-12-8-5-10(6-9-12)4-2-3-7-11/h10H,4-9,11H2,1H3. The molecule has 2 N–H and O–H groups in total. The molecule has 68 valence electrons. The maximum atomic E-state index is 5.28. The number of rotatable bonds is 1. The van der Waals surface area contributed by atoms with Crippen molar-refractivity contribution < 1.29 is 0 Å². The van der Waals surface area contributed by atoms with Crippen LogP contribution in [0, 0.1) is 17.8 Å². The van der Waals surface area contributed by atoms with Crippen LogP contribution in [-0.2, 0) is 0 Å². The summed E-state index contributed by atoms with van der Waals surface area (Å²) < 4.78 is 0. The molecular formula is C10H18N2. The SMILES string of the molecule is CN1CCC(CC#CCN)CC1. The third-order valence-electron chi connectivity index (χ3n) is 2.46. The minimum Gasteiger partial charge on any atom is -0.320 e. The second-order valence-corrected chi connectivity index (χ2v) is 3.51. The van der Waals surface area contributed by atoms with Gasteiger partial charge in [-0.15, -0.1) is 5.92 Å². The van der Waals surface area contributed by atoms with Crippen molar-refractivity contribution in [2.75, 3.05) is 26.7 Å². The summed E-state index contributed by atoms with van der Waals surface area (Å²) in [7, 11) is 2.18. The summed E-state index contributed by atoms with van der Waals surface area (Å²) in [5, 5.41) is 0. The van der Waals surface area contributed by atoms with E-state index in [0.29, 0.717) is 6.54 Å². The molecule has 0 unspecified atom stereocenters. The van der Waals surface area contributed by atoms with Crippen LogP contribution in [0.25, 0.3) is 0 Å². The number of likely N-dealkylation sites (tertiary alicyclic amines) is 1. The Bertz CT molecular complexity index is 170. The minimum atomic E-state index is 0.507. The molecule has 0 aromatic carbocycles. The van der Waals surface area contributed by atoms with Crippen molar-refractivity contribution in [3.63, 3.8) is 0 Å². The van der Waals surface area contributed by atoms with Gasteiger partial charge in [0, 0.05) is 6.42 Å². The normalized spacial score (nSPS) is 20.2. The highest BCUT2D eigenvalue weighted by Gasteiger charge is 2.14. The van der Waals surface area contributed by atoms with E-state index in [1.54, 1.807) is 0 Å². The van der Waals surface area contributed by atoms with E-state index in [4.69, 9.17) is 5.73 Å². The lowest BCUT2D eigenvalue weighted by atomic mass is 9.94. The predicted octanol–water partition coefficient (Wildman–Crippen LogP) is 0.680. The second kappa shape index (κ2) is 5.18. The Hall–Kier alpha value is -0.520. The monoisotopic (exact) mass is 166 g/mol. The predicted molar refractivity (Wildman–Crippen MR) is 51.7 cm³/mol. The first-order chi connectivity index (χ1) is 5.83. The number of hydrogen-bond donors (Lipinski definition) is 1. The summed E-state index contributed by atoms with van der Waals surface area (Å²) >= 11 is 0. The van der Waals surface area contributed by atoms with Crippen LogP contribution in [0.5, 0.6) is 0 Å². The maximum Gasteiger partial charge on any atom is 0.0551 e. The highest BCUT2D eigenvalue weighted by atomic mass is 15.1. The molecule has 0 atom stereocenters. The number of hydrogen-bond acceptors (Lipinski definition) is 2. The average Bonchev–Trinajstić information content (AvgIpc) is 2.09. The summed E-state index contributed by atoms with van der Waals surface area (Å²) in [5.41, 5.74) is 5.28. The maximum absolute atomic E-state index is 5.28. The topological polar surface area (TPSA) is 29.3 Å². The molecular weight excluding hydrogens is 148 g/mol. The summed E-state index contributed by atoms with van der Waals surface area (Å²) in [6.45, 7) is 2.97. The van der Waals surface area contributed by atoms with E-state index in [-0.39, 0.29) is 0 Å². The third-order valence-corrected chi connectivity index (χ3v) is 2.46. The number of piperidine rings is 1. The Morgan fingerprint density at radius 2 is 2.00 bits per heavy atom. The van der Waals surface area contributed by atoms with Crippen molar-refractivity contribution in [2.45, 2.75) is 19.3 Å². The van der Waals surface area contributed by atoms with Crippen LogP contribution in [0.1, 0.15) is 19.3 Å². The zero-order chi connectivity index (χ0) is 8.81. The smallest absolute Gasteiger partial charge is 0.0551 e. The lowest BCUT2D eigenvalue weighted by molar-refractivity contribution is 0.222. The molecule has 1 fully saturated rings. The van der Waals surface area contributed by atoms with E-state index >= 15 is 0 Å². The first-order valence-corrected chi connectivity index (χ1v) is 4.67. The minimum absolute atomic E-state index is 0.507. The van der Waals surface area contributed by atoms with Crippen LogP contribution in [0.2, 0.25) is 0 Å². The molecule has 0 spiro atoms. The Morgan fingerprint density at radius 1 is 1.33 bits per heavy atom. The van der Waals surface area contributed by atoms with E-state index in [0.717, 1.165) is 12.3 Å². The molecule has 1 aliphatic rings. The highest BCUT2D eigenvalue weighted by Crippen LogP contribution is 2.18. The summed E-state index contributed by atoms with van der Waals surface area (Å²) in [4.78, 5) is 2.38. The lowest BCUT2D eigenvalue weighted by Crippen LogP contribution is -2.29. The highest BCUT2D eigenvalue weighted by molar-refractivity contribution is 5.01. The van der Waals surface area contributed by atoms with E-state index in [1.807, 2.05) is 0 Å². The zero-order valence-electron chi connectivity index (χ0n) is 7.84. The Kier molecular flexibility index (Phi) is 4.13. The van der Waals surface area contributed by atoms with Gasteiger partial charge < -0.3 is 10.6 Å². The molecule has 0 aromatic rings. The van der Waals surface area contributed by atoms with Crippen molar-refractivity contribution in [2.24, 2.45) is 11.7 Å². The summed E-state index contributed by atoms with van der Waals surface area (Å²) in [6.07, 6.45) is 3.65. The van der Waals surface area contributed by atoms with Crippen molar-refractivity contribution >= 4 is 0 Å². The molecule has 0 radical (unpaired) electrons. The Labute approximate surface area is 75.1 Å². The van der Waals surface area contributed by atoms with Crippen LogP contribution in [0.4, 0.5) is 0 Å². The van der Waals surface area contributed by atoms with E-state index < -0.39 is 0 Å². The largest absolute Gasteiger partial charge is 0.320 e. The van der Waals surface area contributed by atoms with Gasteiger partial charge >= 0.3 is 0 Å². The molecule has 0 amide bonds. The summed E-state index contributed by atoms with van der Waals surface area (Å²) in [5.74, 6) is 6.87. The quantitative estimate of drug-likeness (QED) is 0.580. The average molecular weight is 166 g/mol. The fraction of sp³-hybridized carbons (Fsp3) is 0.800. The van der Waals surface area contributed by atoms with Crippen molar-refractivity contribution in [1.82, 2.24) is 4.90 Å². The molecule has 0 bridgehead atoms. The zero-order valence-corrected chi connectivity index (χ0v) is 7.84. The van der Waals surface area contributed by atoms with Gasteiger partial charge in [-0.1, -0.05) is 5.92 Å². The Morgan fingerprint density at radius 3 is 2.58 bits per heavy atom. The molecule has 0 saturated carbocycles. The van der Waals surface area contributed by atoms with Crippen LogP contribution < -0.4 is 5.73 Å². The van der Waals surface area contributed by atoms with Gasteiger partial charge in [-0.05, 0) is 38.9 Å². The summed E-state index contributed by atoms with van der Waals surface area (Å²) in [6, 6.07) is 0. The fourth-order valence-corrected chi connectivity index (χ4v) is 1.55. The van der Waals surface area contributed by atoms with Crippen LogP contribution in [-0.4, -0.2) is 31.6 Å². The van der Waals surface area contributed by atoms with Gasteiger partial charge in [-0.25, -0.2) is 0 Å². The van der Waals surface area contributed by atoms with Gasteiger partial charge in [0.1, 0.15) is 0 Å². The van der Waals surface area contributed by atoms with Crippen LogP contribution in [0.3, 0.4) is 0 Å². The number of nitrogens with zero attached hydrogens (tertiary/aromatic N) is 1. The van der Waals surface area contributed by atoms with Crippen molar-refractivity contribution in [3.8, 4) is 11.8 Å². The van der Waals surface area contributed by atoms with Gasteiger partial charge in [0.05, 0.1) is 6.54 Å². The van der Waals surface area contributed by atoms with Gasteiger partial charge in [-0.2, -0.15) is 0 Å². The van der Waals surface area contributed by atoms with E-state index in [2.05, 4.69) is 23.8 Å². The van der Waals surface area contributed by atoms with Gasteiger partial charge in [0.2, 0.25) is 0 Å². The molecule has 2 heteroatoms. The molecule has 0 aliphatic carbocycles. The van der Waals surface area contributed by atoms with Crippen molar-refractivity contribution in [1.29, 1.82) is 0 Å². The molecule has 1 rings (SSSR count). The fourth-order valence-electron chi connectivity index (χ4n) is 1.55. The van der Waals surface area contributed by atoms with Crippen LogP contribution in [0.15, 0.2) is 0 Å². The molecule has 1 aliphatic heterocycles. The van der Waals surface area contributed by atoms with E-state index in [9.17, 15) is 0 Å². The first kappa shape index (κ1) is 9.57. The number of nitrogens with two attached hydrogens (primary N) is 1. The van der Waals surface area contributed by atoms with Crippen LogP contribution >= 0.6 is 0 Å². The second-order valence-electron chi connectivity index (χ2n) is 3.51. The lowest BCUT2D eigenvalue weighted by Gasteiger charge is -2.27. The van der Waals surface area contributed by atoms with E-state index in [1.165, 1.54) is 25.9 Å². The van der Waals surface area contributed by atoms with Gasteiger partial charge in [0.15, 0.2) is 0 Å². The first-order valence-electron chi connectivity index (χ1n) is 4.67. The molecule has 12 heavy (non-hydrogen) atoms. The van der Waals surface area contributed by atoms with Gasteiger partial charge in [-0.3, -0.25) is 0 Å². The molecule has 1 heterocycles. The molecule has 2 nitrogen and oxygen atoms in total. The Balaban J connectivity index is 2.17. The van der Waals surface area contributed by atoms with Gasteiger partial charge in [0.25, 0.3) is 0 Å². The molecule has 0 aromatic heterocycles.